The average Bonchev–Trinajstić information content (AvgIpc) is 3.11. The van der Waals surface area contributed by atoms with Gasteiger partial charge in [0, 0.05) is 46.7 Å². The fourth-order valence-corrected chi connectivity index (χ4v) is 7.89. The summed E-state index contributed by atoms with van der Waals surface area (Å²) in [5.41, 5.74) is 0.975. The molecule has 13 heteroatoms. The highest BCUT2D eigenvalue weighted by atomic mass is 35.5. The van der Waals surface area contributed by atoms with Crippen LogP contribution in [0.2, 0.25) is 10.0 Å². The van der Waals surface area contributed by atoms with Gasteiger partial charge in [0.15, 0.2) is 0 Å². The third-order valence-corrected chi connectivity index (χ3v) is 11.1. The Morgan fingerprint density at radius 2 is 1.43 bits per heavy atom. The number of nitro benzene ring substituents is 1. The summed E-state index contributed by atoms with van der Waals surface area (Å²) in [6, 6.07) is 25.5. The van der Waals surface area contributed by atoms with Gasteiger partial charge in [0.25, 0.3) is 15.7 Å². The summed E-state index contributed by atoms with van der Waals surface area (Å²) in [6.07, 6.45) is 4.82. The molecule has 10 nitrogen and oxygen atoms in total. The number of amides is 2. The third kappa shape index (κ3) is 8.97. The minimum absolute atomic E-state index is 0.0322. The highest BCUT2D eigenvalue weighted by molar-refractivity contribution is 7.92. The van der Waals surface area contributed by atoms with E-state index in [1.807, 2.05) is 30.3 Å². The number of nitro groups is 1. The van der Waals surface area contributed by atoms with E-state index in [9.17, 15) is 28.1 Å². The van der Waals surface area contributed by atoms with Gasteiger partial charge in [-0.05, 0) is 54.8 Å². The second-order valence-electron chi connectivity index (χ2n) is 11.9. The Morgan fingerprint density at radius 3 is 2.02 bits per heavy atom. The molecule has 0 heterocycles. The van der Waals surface area contributed by atoms with Gasteiger partial charge in [-0.1, -0.05) is 97.1 Å². The number of anilines is 1. The van der Waals surface area contributed by atoms with Crippen LogP contribution in [0.1, 0.15) is 43.2 Å². The van der Waals surface area contributed by atoms with Gasteiger partial charge in [-0.2, -0.15) is 0 Å². The van der Waals surface area contributed by atoms with Crippen LogP contribution in [-0.4, -0.2) is 48.7 Å². The lowest BCUT2D eigenvalue weighted by atomic mass is 9.94. The van der Waals surface area contributed by atoms with Crippen molar-refractivity contribution in [1.82, 2.24) is 10.2 Å². The van der Waals surface area contributed by atoms with Gasteiger partial charge in [-0.3, -0.25) is 24.0 Å². The van der Waals surface area contributed by atoms with Crippen molar-refractivity contribution in [2.45, 2.75) is 62.0 Å². The van der Waals surface area contributed by atoms with Crippen LogP contribution in [0.5, 0.6) is 0 Å². The molecule has 5 rings (SSSR count). The second kappa shape index (κ2) is 16.3. The first-order valence-electron chi connectivity index (χ1n) is 15.9. The van der Waals surface area contributed by atoms with E-state index < -0.39 is 33.4 Å². The van der Waals surface area contributed by atoms with E-state index in [1.165, 1.54) is 41.3 Å². The number of rotatable bonds is 13. The number of carbonyl (C=O) groups excluding carboxylic acids is 2. The van der Waals surface area contributed by atoms with Gasteiger partial charge in [0.05, 0.1) is 15.5 Å². The fraction of sp³-hybridized carbons (Fsp3) is 0.278. The molecular formula is C36H36Cl2N4O6S. The zero-order valence-electron chi connectivity index (χ0n) is 26.6. The molecule has 4 aromatic carbocycles. The molecule has 4 aromatic rings. The number of halogens is 2. The molecule has 1 atom stereocenters. The summed E-state index contributed by atoms with van der Waals surface area (Å²) < 4.78 is 29.2. The lowest BCUT2D eigenvalue weighted by Crippen LogP contribution is -2.55. The van der Waals surface area contributed by atoms with Gasteiger partial charge in [-0.15, -0.1) is 0 Å². The molecule has 1 fully saturated rings. The lowest BCUT2D eigenvalue weighted by molar-refractivity contribution is -0.384. The summed E-state index contributed by atoms with van der Waals surface area (Å²) in [7, 11) is -4.37. The van der Waals surface area contributed by atoms with Crippen molar-refractivity contribution in [3.8, 4) is 0 Å². The Hall–Kier alpha value is -4.45. The zero-order chi connectivity index (χ0) is 35.0. The average molecular weight is 724 g/mol. The fourth-order valence-electron chi connectivity index (χ4n) is 5.94. The SMILES string of the molecule is O=C(NC1CCCCC1)C(Cc1ccccc1)N(Cc1c(Cl)cccc1Cl)C(=O)CN(c1ccc([N+](=O)[O-])cc1)S(=O)(=O)c1ccccc1. The molecule has 0 bridgehead atoms. The maximum absolute atomic E-state index is 14.7. The molecule has 0 aromatic heterocycles. The third-order valence-electron chi connectivity index (χ3n) is 8.57. The number of non-ortho nitro benzene ring substituents is 1. The lowest BCUT2D eigenvalue weighted by Gasteiger charge is -2.35. The van der Waals surface area contributed by atoms with Gasteiger partial charge < -0.3 is 10.2 Å². The summed E-state index contributed by atoms with van der Waals surface area (Å²) in [6.45, 7) is -0.911. The van der Waals surface area contributed by atoms with Gasteiger partial charge in [0.2, 0.25) is 11.8 Å². The highest BCUT2D eigenvalue weighted by Gasteiger charge is 2.36. The summed E-state index contributed by atoms with van der Waals surface area (Å²) in [5.74, 6) is -1.08. The van der Waals surface area contributed by atoms with Crippen LogP contribution in [0.4, 0.5) is 11.4 Å². The Labute approximate surface area is 295 Å². The molecule has 0 saturated heterocycles. The number of hydrogen-bond donors (Lipinski definition) is 1. The van der Waals surface area contributed by atoms with Crippen LogP contribution in [0.3, 0.4) is 0 Å². The predicted molar refractivity (Wildman–Crippen MR) is 190 cm³/mol. The Balaban J connectivity index is 1.59. The van der Waals surface area contributed by atoms with Crippen molar-refractivity contribution in [1.29, 1.82) is 0 Å². The van der Waals surface area contributed by atoms with Crippen LogP contribution in [0.15, 0.2) is 108 Å². The first-order valence-corrected chi connectivity index (χ1v) is 18.1. The van der Waals surface area contributed by atoms with Crippen LogP contribution < -0.4 is 9.62 Å². The predicted octanol–water partition coefficient (Wildman–Crippen LogP) is 7.19. The molecule has 256 valence electrons. The molecule has 1 aliphatic carbocycles. The maximum Gasteiger partial charge on any atom is 0.269 e. The second-order valence-corrected chi connectivity index (χ2v) is 14.5. The van der Waals surface area contributed by atoms with Gasteiger partial charge in [-0.25, -0.2) is 8.42 Å². The van der Waals surface area contributed by atoms with Crippen molar-refractivity contribution in [3.05, 3.63) is 134 Å². The smallest absolute Gasteiger partial charge is 0.269 e. The van der Waals surface area contributed by atoms with E-state index in [0.717, 1.165) is 42.0 Å². The minimum Gasteiger partial charge on any atom is -0.352 e. The van der Waals surface area contributed by atoms with Crippen LogP contribution in [0.25, 0.3) is 0 Å². The molecule has 1 saturated carbocycles. The quantitative estimate of drug-likeness (QED) is 0.115. The van der Waals surface area contributed by atoms with Crippen molar-refractivity contribution in [2.24, 2.45) is 0 Å². The van der Waals surface area contributed by atoms with E-state index in [-0.39, 0.29) is 51.2 Å². The Morgan fingerprint density at radius 1 is 0.837 bits per heavy atom. The number of hydrogen-bond acceptors (Lipinski definition) is 6. The van der Waals surface area contributed by atoms with Crippen molar-refractivity contribution < 1.29 is 22.9 Å². The van der Waals surface area contributed by atoms with Crippen molar-refractivity contribution >= 4 is 56.4 Å². The van der Waals surface area contributed by atoms with E-state index in [1.54, 1.807) is 36.4 Å². The molecule has 1 aliphatic rings. The molecule has 0 radical (unpaired) electrons. The molecule has 49 heavy (non-hydrogen) atoms. The van der Waals surface area contributed by atoms with Crippen molar-refractivity contribution in [2.75, 3.05) is 10.8 Å². The molecular weight excluding hydrogens is 687 g/mol. The topological polar surface area (TPSA) is 130 Å². The standard InChI is InChI=1S/C36H36Cl2N4O6S/c37-32-17-10-18-33(38)31(32)24-40(34(23-26-11-4-1-5-12-26)36(44)39-27-13-6-2-7-14-27)35(43)25-41(28-19-21-29(22-20-28)42(45)46)49(47,48)30-15-8-3-9-16-30/h1,3-5,8-12,15-22,27,34H,2,6-7,13-14,23-25H2,(H,39,44). The summed E-state index contributed by atoms with van der Waals surface area (Å²) in [4.78, 5) is 40.9. The zero-order valence-corrected chi connectivity index (χ0v) is 28.9. The van der Waals surface area contributed by atoms with Crippen LogP contribution >= 0.6 is 23.2 Å². The minimum atomic E-state index is -4.37. The Bertz CT molecular complexity index is 1850. The monoisotopic (exact) mass is 722 g/mol. The maximum atomic E-state index is 14.7. The highest BCUT2D eigenvalue weighted by Crippen LogP contribution is 2.30. The van der Waals surface area contributed by atoms with Crippen molar-refractivity contribution in [3.63, 3.8) is 0 Å². The molecule has 1 N–H and O–H groups in total. The number of benzene rings is 4. The normalized spacial score (nSPS) is 14.1. The van der Waals surface area contributed by atoms with Gasteiger partial charge >= 0.3 is 0 Å². The molecule has 2 amide bonds. The number of nitrogens with one attached hydrogen (secondary N) is 1. The van der Waals surface area contributed by atoms with E-state index in [4.69, 9.17) is 23.2 Å². The van der Waals surface area contributed by atoms with E-state index >= 15 is 0 Å². The summed E-state index contributed by atoms with van der Waals surface area (Å²) in [5, 5.41) is 15.1. The van der Waals surface area contributed by atoms with Crippen LogP contribution in [-0.2, 0) is 32.6 Å². The first kappa shape index (κ1) is 35.8. The van der Waals surface area contributed by atoms with E-state index in [0.29, 0.717) is 5.56 Å². The first-order chi connectivity index (χ1) is 23.5. The molecule has 0 aliphatic heterocycles. The van der Waals surface area contributed by atoms with E-state index in [2.05, 4.69) is 5.32 Å². The summed E-state index contributed by atoms with van der Waals surface area (Å²) >= 11 is 13.2. The largest absolute Gasteiger partial charge is 0.352 e. The van der Waals surface area contributed by atoms with Crippen LogP contribution in [0, 0.1) is 10.1 Å². The number of nitrogens with zero attached hydrogens (tertiary/aromatic N) is 3. The molecule has 1 unspecified atom stereocenters. The Kier molecular flexibility index (Phi) is 11.9. The number of carbonyl (C=O) groups is 2. The number of sulfonamides is 1. The van der Waals surface area contributed by atoms with Gasteiger partial charge in [0.1, 0.15) is 12.6 Å². The molecule has 0 spiro atoms.